The molecule has 0 aromatic carbocycles. The molecule has 23 heavy (non-hydrogen) atoms. The molecule has 0 radical (unpaired) electrons. The Morgan fingerprint density at radius 3 is 2.65 bits per heavy atom. The molecule has 0 amide bonds. The van der Waals surface area contributed by atoms with E-state index in [9.17, 15) is 13.2 Å². The maximum atomic E-state index is 13.8. The van der Waals surface area contributed by atoms with Crippen LogP contribution in [0.15, 0.2) is 28.9 Å². The Bertz CT molecular complexity index is 673. The van der Waals surface area contributed by atoms with Crippen molar-refractivity contribution in [3.63, 3.8) is 0 Å². The SMILES string of the molecule is CN(C)c1noc(C2(C(F)(F)F)CCN(c3ccccn3)C2)n1. The number of halogens is 3. The monoisotopic (exact) mass is 327 g/mol. The molecule has 1 atom stereocenters. The van der Waals surface area contributed by atoms with Crippen molar-refractivity contribution in [3.8, 4) is 0 Å². The van der Waals surface area contributed by atoms with Crippen LogP contribution < -0.4 is 9.80 Å². The smallest absolute Gasteiger partial charge is 0.355 e. The fourth-order valence-electron chi connectivity index (χ4n) is 2.67. The van der Waals surface area contributed by atoms with Gasteiger partial charge < -0.3 is 14.3 Å². The van der Waals surface area contributed by atoms with Crippen LogP contribution in [0.1, 0.15) is 12.3 Å². The number of hydrogen-bond acceptors (Lipinski definition) is 6. The molecular formula is C14H16F3N5O. The van der Waals surface area contributed by atoms with Crippen molar-refractivity contribution in [1.29, 1.82) is 0 Å². The van der Waals surface area contributed by atoms with E-state index in [1.165, 1.54) is 4.90 Å². The number of rotatable bonds is 3. The van der Waals surface area contributed by atoms with Gasteiger partial charge >= 0.3 is 6.18 Å². The van der Waals surface area contributed by atoms with Gasteiger partial charge in [-0.3, -0.25) is 0 Å². The lowest BCUT2D eigenvalue weighted by atomic mass is 9.86. The quantitative estimate of drug-likeness (QED) is 0.862. The predicted octanol–water partition coefficient (Wildman–Crippen LogP) is 2.24. The second-order valence-electron chi connectivity index (χ2n) is 5.73. The van der Waals surface area contributed by atoms with E-state index in [-0.39, 0.29) is 25.5 Å². The van der Waals surface area contributed by atoms with Gasteiger partial charge in [-0.2, -0.15) is 18.2 Å². The van der Waals surface area contributed by atoms with E-state index in [0.717, 1.165) is 0 Å². The Labute approximate surface area is 130 Å². The molecule has 0 bridgehead atoms. The normalized spacial score (nSPS) is 21.7. The highest BCUT2D eigenvalue weighted by molar-refractivity contribution is 5.42. The van der Waals surface area contributed by atoms with Crippen LogP contribution in [-0.4, -0.2) is 48.5 Å². The van der Waals surface area contributed by atoms with Gasteiger partial charge in [0.25, 0.3) is 5.95 Å². The maximum Gasteiger partial charge on any atom is 0.405 e. The second kappa shape index (κ2) is 5.39. The minimum Gasteiger partial charge on any atom is -0.355 e. The molecular weight excluding hydrogens is 311 g/mol. The van der Waals surface area contributed by atoms with Gasteiger partial charge in [0.15, 0.2) is 5.41 Å². The number of anilines is 2. The molecule has 1 unspecified atom stereocenters. The van der Waals surface area contributed by atoms with Crippen LogP contribution in [-0.2, 0) is 5.41 Å². The van der Waals surface area contributed by atoms with Crippen molar-refractivity contribution in [2.45, 2.75) is 18.0 Å². The van der Waals surface area contributed by atoms with E-state index in [1.54, 1.807) is 43.4 Å². The van der Waals surface area contributed by atoms with E-state index in [0.29, 0.717) is 5.82 Å². The van der Waals surface area contributed by atoms with Crippen LogP contribution in [0.2, 0.25) is 0 Å². The van der Waals surface area contributed by atoms with E-state index in [2.05, 4.69) is 15.1 Å². The molecule has 0 spiro atoms. The molecule has 3 heterocycles. The van der Waals surface area contributed by atoms with Gasteiger partial charge in [0, 0.05) is 33.4 Å². The highest BCUT2D eigenvalue weighted by Gasteiger charge is 2.63. The molecule has 2 aromatic rings. The van der Waals surface area contributed by atoms with Gasteiger partial charge in [-0.1, -0.05) is 6.07 Å². The number of pyridine rings is 1. The van der Waals surface area contributed by atoms with Crippen molar-refractivity contribution >= 4 is 11.8 Å². The van der Waals surface area contributed by atoms with Crippen molar-refractivity contribution in [2.24, 2.45) is 0 Å². The minimum absolute atomic E-state index is 0.125. The summed E-state index contributed by atoms with van der Waals surface area (Å²) in [4.78, 5) is 11.2. The van der Waals surface area contributed by atoms with Crippen LogP contribution in [0, 0.1) is 0 Å². The van der Waals surface area contributed by atoms with Crippen molar-refractivity contribution in [2.75, 3.05) is 37.0 Å². The summed E-state index contributed by atoms with van der Waals surface area (Å²) < 4.78 is 46.4. The minimum atomic E-state index is -4.49. The van der Waals surface area contributed by atoms with Crippen molar-refractivity contribution in [3.05, 3.63) is 30.3 Å². The predicted molar refractivity (Wildman–Crippen MR) is 77.4 cm³/mol. The van der Waals surface area contributed by atoms with E-state index in [4.69, 9.17) is 4.52 Å². The third-order valence-corrected chi connectivity index (χ3v) is 4.01. The average Bonchev–Trinajstić information content (AvgIpc) is 3.15. The number of nitrogens with zero attached hydrogens (tertiary/aromatic N) is 5. The third-order valence-electron chi connectivity index (χ3n) is 4.01. The topological polar surface area (TPSA) is 58.3 Å². The zero-order valence-electron chi connectivity index (χ0n) is 12.7. The highest BCUT2D eigenvalue weighted by Crippen LogP contribution is 2.47. The molecule has 1 aliphatic rings. The Balaban J connectivity index is 1.96. The number of alkyl halides is 3. The molecule has 0 aliphatic carbocycles. The molecule has 124 valence electrons. The van der Waals surface area contributed by atoms with Crippen molar-refractivity contribution in [1.82, 2.24) is 15.1 Å². The second-order valence-corrected chi connectivity index (χ2v) is 5.73. The summed E-state index contributed by atoms with van der Waals surface area (Å²) >= 11 is 0. The van der Waals surface area contributed by atoms with Crippen LogP contribution in [0.4, 0.5) is 24.9 Å². The molecule has 1 saturated heterocycles. The van der Waals surface area contributed by atoms with Crippen LogP contribution >= 0.6 is 0 Å². The lowest BCUT2D eigenvalue weighted by Crippen LogP contribution is -2.45. The zero-order chi connectivity index (χ0) is 16.7. The van der Waals surface area contributed by atoms with Crippen LogP contribution in [0.3, 0.4) is 0 Å². The summed E-state index contributed by atoms with van der Waals surface area (Å²) in [5.41, 5.74) is -2.17. The molecule has 2 aromatic heterocycles. The fraction of sp³-hybridized carbons (Fsp3) is 0.500. The first kappa shape index (κ1) is 15.6. The summed E-state index contributed by atoms with van der Waals surface area (Å²) in [6.45, 7) is -0.0707. The first-order valence-corrected chi connectivity index (χ1v) is 7.08. The average molecular weight is 327 g/mol. The van der Waals surface area contributed by atoms with E-state index in [1.807, 2.05) is 0 Å². The third kappa shape index (κ3) is 2.60. The van der Waals surface area contributed by atoms with Gasteiger partial charge in [0.1, 0.15) is 5.82 Å². The summed E-state index contributed by atoms with van der Waals surface area (Å²) in [5.74, 6) is 0.234. The maximum absolute atomic E-state index is 13.8. The molecule has 6 nitrogen and oxygen atoms in total. The van der Waals surface area contributed by atoms with Crippen molar-refractivity contribution < 1.29 is 17.7 Å². The summed E-state index contributed by atoms with van der Waals surface area (Å²) in [6.07, 6.45) is -3.09. The molecule has 0 N–H and O–H groups in total. The number of aromatic nitrogens is 3. The highest BCUT2D eigenvalue weighted by atomic mass is 19.4. The lowest BCUT2D eigenvalue weighted by Gasteiger charge is -2.28. The summed E-state index contributed by atoms with van der Waals surface area (Å²) in [6, 6.07) is 5.15. The largest absolute Gasteiger partial charge is 0.405 e. The Morgan fingerprint density at radius 1 is 1.30 bits per heavy atom. The molecule has 9 heteroatoms. The standard InChI is InChI=1S/C14H16F3N5O/c1-21(2)12-19-11(23-20-12)13(14(15,16)17)6-8-22(9-13)10-5-3-4-7-18-10/h3-5,7H,6,8-9H2,1-2H3. The molecule has 0 saturated carbocycles. The lowest BCUT2D eigenvalue weighted by molar-refractivity contribution is -0.191. The first-order chi connectivity index (χ1) is 10.8. The van der Waals surface area contributed by atoms with Gasteiger partial charge in [-0.25, -0.2) is 4.98 Å². The first-order valence-electron chi connectivity index (χ1n) is 7.08. The van der Waals surface area contributed by atoms with Crippen LogP contribution in [0.5, 0.6) is 0 Å². The fourth-order valence-corrected chi connectivity index (χ4v) is 2.67. The number of hydrogen-bond donors (Lipinski definition) is 0. The summed E-state index contributed by atoms with van der Waals surface area (Å²) in [7, 11) is 3.29. The Morgan fingerprint density at radius 2 is 2.09 bits per heavy atom. The molecule has 3 rings (SSSR count). The van der Waals surface area contributed by atoms with Gasteiger partial charge in [-0.05, 0) is 23.7 Å². The summed E-state index contributed by atoms with van der Waals surface area (Å²) in [5, 5.41) is 3.62. The molecule has 1 fully saturated rings. The van der Waals surface area contributed by atoms with E-state index < -0.39 is 17.5 Å². The Hall–Kier alpha value is -2.32. The van der Waals surface area contributed by atoms with E-state index >= 15 is 0 Å². The molecule has 1 aliphatic heterocycles. The van der Waals surface area contributed by atoms with Gasteiger partial charge in [-0.15, -0.1) is 0 Å². The zero-order valence-corrected chi connectivity index (χ0v) is 12.7. The van der Waals surface area contributed by atoms with Gasteiger partial charge in [0.05, 0.1) is 0 Å². The Kier molecular flexibility index (Phi) is 3.65. The van der Waals surface area contributed by atoms with Crippen LogP contribution in [0.25, 0.3) is 0 Å². The van der Waals surface area contributed by atoms with Gasteiger partial charge in [0.2, 0.25) is 5.89 Å².